The molecule has 2 aromatic rings. The fourth-order valence-corrected chi connectivity index (χ4v) is 2.41. The molecule has 1 heterocycles. The summed E-state index contributed by atoms with van der Waals surface area (Å²) in [4.78, 5) is 8.67. The number of benzene rings is 1. The second-order valence-corrected chi connectivity index (χ2v) is 5.54. The Kier molecular flexibility index (Phi) is 4.90. The first kappa shape index (κ1) is 14.4. The highest BCUT2D eigenvalue weighted by Crippen LogP contribution is 2.25. The lowest BCUT2D eigenvalue weighted by molar-refractivity contribution is 0.628. The van der Waals surface area contributed by atoms with E-state index in [0.717, 1.165) is 5.03 Å². The Labute approximate surface area is 124 Å². The molecule has 1 aromatic carbocycles. The average molecular weight is 316 g/mol. The van der Waals surface area contributed by atoms with Crippen LogP contribution in [-0.4, -0.2) is 22.5 Å². The molecular formula is C12H11ClFN3S2. The van der Waals surface area contributed by atoms with Gasteiger partial charge in [-0.2, -0.15) is 0 Å². The first-order valence-corrected chi connectivity index (χ1v) is 8.14. The zero-order chi connectivity index (χ0) is 13.8. The van der Waals surface area contributed by atoms with Gasteiger partial charge in [-0.3, -0.25) is 0 Å². The highest BCUT2D eigenvalue weighted by molar-refractivity contribution is 7.99. The molecule has 0 amide bonds. The number of thioether (sulfide) groups is 2. The van der Waals surface area contributed by atoms with Crippen LogP contribution in [0.3, 0.4) is 0 Å². The summed E-state index contributed by atoms with van der Waals surface area (Å²) in [6, 6.07) is 6.29. The van der Waals surface area contributed by atoms with E-state index < -0.39 is 5.82 Å². The lowest BCUT2D eigenvalue weighted by Gasteiger charge is -2.08. The number of nitrogens with zero attached hydrogens (tertiary/aromatic N) is 2. The van der Waals surface area contributed by atoms with Crippen LogP contribution < -0.4 is 5.32 Å². The van der Waals surface area contributed by atoms with Gasteiger partial charge in [-0.1, -0.05) is 23.4 Å². The number of anilines is 2. The Hall–Kier alpha value is -0.980. The molecule has 0 fully saturated rings. The predicted octanol–water partition coefficient (Wildman–Crippen LogP) is 4.46. The van der Waals surface area contributed by atoms with Gasteiger partial charge >= 0.3 is 0 Å². The lowest BCUT2D eigenvalue weighted by atomic mass is 10.3. The fraction of sp³-hybridized carbons (Fsp3) is 0.167. The molecule has 0 saturated carbocycles. The van der Waals surface area contributed by atoms with Gasteiger partial charge in [0.25, 0.3) is 0 Å². The van der Waals surface area contributed by atoms with Crippen molar-refractivity contribution in [2.75, 3.05) is 17.8 Å². The van der Waals surface area contributed by atoms with Crippen LogP contribution in [0.15, 0.2) is 34.4 Å². The monoisotopic (exact) mass is 315 g/mol. The SMILES string of the molecule is CSc1cc(Nc2ccc(F)c(Cl)c2)nc(SC)n1. The molecule has 0 unspecified atom stereocenters. The number of nitrogens with one attached hydrogen (secondary N) is 1. The molecule has 100 valence electrons. The molecule has 0 aliphatic rings. The quantitative estimate of drug-likeness (QED) is 0.512. The van der Waals surface area contributed by atoms with Crippen LogP contribution in [0.5, 0.6) is 0 Å². The van der Waals surface area contributed by atoms with E-state index in [2.05, 4.69) is 15.3 Å². The van der Waals surface area contributed by atoms with E-state index >= 15 is 0 Å². The summed E-state index contributed by atoms with van der Waals surface area (Å²) in [5, 5.41) is 4.72. The number of rotatable bonds is 4. The molecule has 0 bridgehead atoms. The minimum atomic E-state index is -0.440. The third-order valence-corrected chi connectivity index (χ3v) is 3.73. The molecular weight excluding hydrogens is 305 g/mol. The molecule has 1 N–H and O–H groups in total. The zero-order valence-electron chi connectivity index (χ0n) is 10.3. The van der Waals surface area contributed by atoms with Crippen LogP contribution in [0, 0.1) is 5.82 Å². The Morgan fingerprint density at radius 3 is 2.58 bits per heavy atom. The van der Waals surface area contributed by atoms with Crippen molar-refractivity contribution >= 4 is 46.6 Å². The maximum atomic E-state index is 13.1. The van der Waals surface area contributed by atoms with Gasteiger partial charge in [-0.05, 0) is 30.7 Å². The minimum absolute atomic E-state index is 0.0780. The van der Waals surface area contributed by atoms with E-state index in [1.165, 1.54) is 35.7 Å². The van der Waals surface area contributed by atoms with E-state index in [1.54, 1.807) is 6.07 Å². The fourth-order valence-electron chi connectivity index (χ4n) is 1.39. The van der Waals surface area contributed by atoms with Crippen LogP contribution in [0.1, 0.15) is 0 Å². The molecule has 19 heavy (non-hydrogen) atoms. The molecule has 0 saturated heterocycles. The third-order valence-electron chi connectivity index (χ3n) is 2.27. The lowest BCUT2D eigenvalue weighted by Crippen LogP contribution is -1.97. The number of halogens is 2. The van der Waals surface area contributed by atoms with Gasteiger partial charge in [0.15, 0.2) is 5.16 Å². The standard InChI is InChI=1S/C12H11ClFN3S2/c1-18-11-6-10(16-12(17-11)19-2)15-7-3-4-9(14)8(13)5-7/h3-6H,1-2H3,(H,15,16,17). The van der Waals surface area contributed by atoms with Gasteiger partial charge in [0.05, 0.1) is 5.02 Å². The molecule has 0 spiro atoms. The van der Waals surface area contributed by atoms with Gasteiger partial charge in [-0.15, -0.1) is 11.8 Å². The maximum Gasteiger partial charge on any atom is 0.190 e. The van der Waals surface area contributed by atoms with E-state index in [-0.39, 0.29) is 5.02 Å². The second kappa shape index (κ2) is 6.45. The van der Waals surface area contributed by atoms with Crippen molar-refractivity contribution in [3.05, 3.63) is 35.1 Å². The molecule has 0 radical (unpaired) electrons. The summed E-state index contributed by atoms with van der Waals surface area (Å²) >= 11 is 8.75. The topological polar surface area (TPSA) is 37.8 Å². The van der Waals surface area contributed by atoms with Crippen molar-refractivity contribution < 1.29 is 4.39 Å². The van der Waals surface area contributed by atoms with Crippen LogP contribution >= 0.6 is 35.1 Å². The Balaban J connectivity index is 2.29. The van der Waals surface area contributed by atoms with Crippen molar-refractivity contribution in [3.63, 3.8) is 0 Å². The van der Waals surface area contributed by atoms with Gasteiger partial charge in [-0.25, -0.2) is 14.4 Å². The summed E-state index contributed by atoms with van der Waals surface area (Å²) in [7, 11) is 0. The van der Waals surface area contributed by atoms with Crippen molar-refractivity contribution in [3.8, 4) is 0 Å². The van der Waals surface area contributed by atoms with E-state index in [9.17, 15) is 4.39 Å². The molecule has 0 aliphatic carbocycles. The summed E-state index contributed by atoms with van der Waals surface area (Å²) in [6.45, 7) is 0. The number of hydrogen-bond donors (Lipinski definition) is 1. The van der Waals surface area contributed by atoms with E-state index in [0.29, 0.717) is 16.7 Å². The highest BCUT2D eigenvalue weighted by Gasteiger charge is 2.05. The van der Waals surface area contributed by atoms with Crippen LogP contribution in [0.2, 0.25) is 5.02 Å². The average Bonchev–Trinajstić information content (AvgIpc) is 2.42. The maximum absolute atomic E-state index is 13.1. The van der Waals surface area contributed by atoms with Crippen molar-refractivity contribution in [1.29, 1.82) is 0 Å². The molecule has 0 atom stereocenters. The second-order valence-electron chi connectivity index (χ2n) is 3.54. The summed E-state index contributed by atoms with van der Waals surface area (Å²) in [5.41, 5.74) is 0.684. The Morgan fingerprint density at radius 2 is 1.95 bits per heavy atom. The predicted molar refractivity (Wildman–Crippen MR) is 80.3 cm³/mol. The molecule has 7 heteroatoms. The van der Waals surface area contributed by atoms with Crippen molar-refractivity contribution in [2.45, 2.75) is 10.2 Å². The van der Waals surface area contributed by atoms with E-state index in [4.69, 9.17) is 11.6 Å². The van der Waals surface area contributed by atoms with E-state index in [1.807, 2.05) is 18.6 Å². The van der Waals surface area contributed by atoms with Gasteiger partial charge < -0.3 is 5.32 Å². The summed E-state index contributed by atoms with van der Waals surface area (Å²) < 4.78 is 13.1. The van der Waals surface area contributed by atoms with Gasteiger partial charge in [0.1, 0.15) is 16.7 Å². The third kappa shape index (κ3) is 3.75. The summed E-state index contributed by atoms with van der Waals surface area (Å²) in [6.07, 6.45) is 3.86. The first-order chi connectivity index (χ1) is 9.12. The van der Waals surface area contributed by atoms with Crippen molar-refractivity contribution in [1.82, 2.24) is 9.97 Å². The zero-order valence-corrected chi connectivity index (χ0v) is 12.7. The molecule has 1 aromatic heterocycles. The molecule has 0 aliphatic heterocycles. The normalized spacial score (nSPS) is 10.5. The smallest absolute Gasteiger partial charge is 0.190 e. The minimum Gasteiger partial charge on any atom is -0.340 e. The van der Waals surface area contributed by atoms with Crippen LogP contribution in [-0.2, 0) is 0 Å². The number of aromatic nitrogens is 2. The summed E-state index contributed by atoms with van der Waals surface area (Å²) in [5.74, 6) is 0.218. The highest BCUT2D eigenvalue weighted by atomic mass is 35.5. The largest absolute Gasteiger partial charge is 0.340 e. The van der Waals surface area contributed by atoms with Gasteiger partial charge in [0, 0.05) is 11.8 Å². The molecule has 3 nitrogen and oxygen atoms in total. The van der Waals surface area contributed by atoms with Gasteiger partial charge in [0.2, 0.25) is 0 Å². The number of hydrogen-bond acceptors (Lipinski definition) is 5. The van der Waals surface area contributed by atoms with Crippen LogP contribution in [0.25, 0.3) is 0 Å². The Morgan fingerprint density at radius 1 is 1.16 bits per heavy atom. The first-order valence-electron chi connectivity index (χ1n) is 5.31. The Bertz CT molecular complexity index is 573. The van der Waals surface area contributed by atoms with Crippen LogP contribution in [0.4, 0.5) is 15.9 Å². The van der Waals surface area contributed by atoms with Crippen molar-refractivity contribution in [2.24, 2.45) is 0 Å². The molecule has 2 rings (SSSR count).